The van der Waals surface area contributed by atoms with Crippen LogP contribution in [0.5, 0.6) is 5.75 Å². The number of aromatic amines is 1. The summed E-state index contributed by atoms with van der Waals surface area (Å²) in [6, 6.07) is 27.4. The van der Waals surface area contributed by atoms with Crippen molar-refractivity contribution in [1.82, 2.24) is 20.5 Å². The molecule has 3 aromatic carbocycles. The van der Waals surface area contributed by atoms with Gasteiger partial charge in [0.1, 0.15) is 18.1 Å². The van der Waals surface area contributed by atoms with Crippen LogP contribution in [-0.2, 0) is 24.2 Å². The van der Waals surface area contributed by atoms with Gasteiger partial charge in [0.25, 0.3) is 5.56 Å². The molecule has 0 aliphatic carbocycles. The average Bonchev–Trinajstić information content (AvgIpc) is 2.91. The summed E-state index contributed by atoms with van der Waals surface area (Å²) in [4.78, 5) is 27.3. The van der Waals surface area contributed by atoms with E-state index in [1.54, 1.807) is 0 Å². The van der Waals surface area contributed by atoms with Gasteiger partial charge in [0.15, 0.2) is 5.82 Å². The quantitative estimate of drug-likeness (QED) is 0.323. The number of amides is 1. The van der Waals surface area contributed by atoms with Crippen molar-refractivity contribution in [3.8, 4) is 17.1 Å². The van der Waals surface area contributed by atoms with E-state index < -0.39 is 0 Å². The molecular weight excluding hydrogens is 440 g/mol. The van der Waals surface area contributed by atoms with Gasteiger partial charge < -0.3 is 15.0 Å². The fourth-order valence-corrected chi connectivity index (χ4v) is 3.59. The van der Waals surface area contributed by atoms with Crippen LogP contribution in [0.25, 0.3) is 11.4 Å². The molecule has 35 heavy (non-hydrogen) atoms. The topological polar surface area (TPSA) is 97.0 Å². The van der Waals surface area contributed by atoms with Crippen LogP contribution in [0.4, 0.5) is 0 Å². The van der Waals surface area contributed by atoms with Gasteiger partial charge in [-0.2, -0.15) is 0 Å². The van der Waals surface area contributed by atoms with Crippen molar-refractivity contribution in [2.75, 3.05) is 6.54 Å². The summed E-state index contributed by atoms with van der Waals surface area (Å²) in [7, 11) is 0. The summed E-state index contributed by atoms with van der Waals surface area (Å²) in [5, 5.41) is 11.1. The van der Waals surface area contributed by atoms with Crippen molar-refractivity contribution in [3.63, 3.8) is 0 Å². The molecule has 0 radical (unpaired) electrons. The summed E-state index contributed by atoms with van der Waals surface area (Å²) in [5.74, 6) is 0.993. The lowest BCUT2D eigenvalue weighted by Crippen LogP contribution is -2.26. The molecule has 0 aliphatic rings. The number of carbonyl (C=O) groups is 1. The van der Waals surface area contributed by atoms with Crippen LogP contribution < -0.4 is 15.6 Å². The third-order valence-electron chi connectivity index (χ3n) is 5.54. The number of H-pyrrole nitrogens is 1. The number of hydrogen-bond donors (Lipinski definition) is 2. The van der Waals surface area contributed by atoms with E-state index in [1.807, 2.05) is 72.8 Å². The summed E-state index contributed by atoms with van der Waals surface area (Å²) < 4.78 is 5.79. The molecule has 2 N–H and O–H groups in total. The molecular formula is C28H28N4O3. The van der Waals surface area contributed by atoms with E-state index in [2.05, 4.69) is 32.6 Å². The first-order valence-corrected chi connectivity index (χ1v) is 11.7. The number of ether oxygens (including phenoxy) is 1. The van der Waals surface area contributed by atoms with E-state index in [1.165, 1.54) is 5.56 Å². The molecule has 0 bridgehead atoms. The van der Waals surface area contributed by atoms with Crippen LogP contribution in [0.1, 0.15) is 29.7 Å². The Morgan fingerprint density at radius 1 is 0.829 bits per heavy atom. The number of aryl methyl sites for hydroxylation is 2. The number of rotatable bonds is 11. The predicted molar refractivity (Wildman–Crippen MR) is 135 cm³/mol. The van der Waals surface area contributed by atoms with Gasteiger partial charge in [-0.15, -0.1) is 10.2 Å². The molecule has 0 atom stereocenters. The van der Waals surface area contributed by atoms with E-state index in [0.717, 1.165) is 29.7 Å². The second kappa shape index (κ2) is 12.3. The molecule has 1 amide bonds. The van der Waals surface area contributed by atoms with Gasteiger partial charge in [0, 0.05) is 24.9 Å². The van der Waals surface area contributed by atoms with E-state index in [0.29, 0.717) is 19.0 Å². The summed E-state index contributed by atoms with van der Waals surface area (Å²) >= 11 is 0. The fourth-order valence-electron chi connectivity index (χ4n) is 3.59. The standard InChI is InChI=1S/C28H28N4O3/c33-26(29-19-7-12-21-8-3-1-4-9-21)18-17-25-28(34)30-27(32-31-25)23-13-15-24(16-14-23)35-20-22-10-5-2-6-11-22/h1-6,8-11,13-16H,7,12,17-20H2,(H,29,33)(H,30,32,34). The van der Waals surface area contributed by atoms with Crippen molar-refractivity contribution in [3.05, 3.63) is 112 Å². The number of aromatic nitrogens is 3. The Bertz CT molecular complexity index is 1270. The molecule has 0 saturated heterocycles. The van der Waals surface area contributed by atoms with Gasteiger partial charge in [-0.25, -0.2) is 0 Å². The van der Waals surface area contributed by atoms with Gasteiger partial charge in [-0.3, -0.25) is 9.59 Å². The highest BCUT2D eigenvalue weighted by Crippen LogP contribution is 2.19. The maximum absolute atomic E-state index is 12.5. The van der Waals surface area contributed by atoms with E-state index in [9.17, 15) is 9.59 Å². The summed E-state index contributed by atoms with van der Waals surface area (Å²) in [5.41, 5.74) is 2.97. The van der Waals surface area contributed by atoms with Crippen molar-refractivity contribution in [2.24, 2.45) is 0 Å². The van der Waals surface area contributed by atoms with Gasteiger partial charge >= 0.3 is 0 Å². The SMILES string of the molecule is O=C(CCc1nnc(-c2ccc(OCc3ccccc3)cc2)[nH]c1=O)NCCCc1ccccc1. The molecule has 0 fully saturated rings. The Hall–Kier alpha value is -4.26. The maximum atomic E-state index is 12.5. The van der Waals surface area contributed by atoms with Crippen molar-refractivity contribution < 1.29 is 9.53 Å². The Labute approximate surface area is 204 Å². The number of hydrogen-bond acceptors (Lipinski definition) is 5. The zero-order valence-corrected chi connectivity index (χ0v) is 19.4. The monoisotopic (exact) mass is 468 g/mol. The molecule has 4 aromatic rings. The fraction of sp³-hybridized carbons (Fsp3) is 0.214. The Balaban J connectivity index is 1.23. The number of carbonyl (C=O) groups excluding carboxylic acids is 1. The van der Waals surface area contributed by atoms with Crippen LogP contribution in [0.15, 0.2) is 89.7 Å². The van der Waals surface area contributed by atoms with Crippen LogP contribution >= 0.6 is 0 Å². The Morgan fingerprint density at radius 3 is 2.20 bits per heavy atom. The molecule has 0 aliphatic heterocycles. The molecule has 178 valence electrons. The highest BCUT2D eigenvalue weighted by atomic mass is 16.5. The molecule has 1 heterocycles. The average molecular weight is 469 g/mol. The third kappa shape index (κ3) is 7.37. The third-order valence-corrected chi connectivity index (χ3v) is 5.54. The van der Waals surface area contributed by atoms with Gasteiger partial charge in [-0.05, 0) is 48.2 Å². The normalized spacial score (nSPS) is 10.6. The first-order chi connectivity index (χ1) is 17.2. The molecule has 7 heteroatoms. The van der Waals surface area contributed by atoms with Crippen LogP contribution in [0, 0.1) is 0 Å². The minimum absolute atomic E-state index is 0.102. The van der Waals surface area contributed by atoms with Crippen molar-refractivity contribution in [1.29, 1.82) is 0 Å². The zero-order chi connectivity index (χ0) is 24.3. The molecule has 0 unspecified atom stereocenters. The first-order valence-electron chi connectivity index (χ1n) is 11.7. The lowest BCUT2D eigenvalue weighted by molar-refractivity contribution is -0.121. The zero-order valence-electron chi connectivity index (χ0n) is 19.4. The number of nitrogens with one attached hydrogen (secondary N) is 2. The van der Waals surface area contributed by atoms with E-state index in [-0.39, 0.29) is 30.0 Å². The first kappa shape index (κ1) is 23.9. The minimum atomic E-state index is -0.337. The largest absolute Gasteiger partial charge is 0.489 e. The van der Waals surface area contributed by atoms with Crippen LogP contribution in [0.3, 0.4) is 0 Å². The number of benzene rings is 3. The van der Waals surface area contributed by atoms with Gasteiger partial charge in [-0.1, -0.05) is 60.7 Å². The van der Waals surface area contributed by atoms with Gasteiger partial charge in [0.2, 0.25) is 5.91 Å². The van der Waals surface area contributed by atoms with Gasteiger partial charge in [0.05, 0.1) is 0 Å². The second-order valence-corrected chi connectivity index (χ2v) is 8.19. The molecule has 7 nitrogen and oxygen atoms in total. The number of nitrogens with zero attached hydrogens (tertiary/aromatic N) is 2. The molecule has 0 spiro atoms. The van der Waals surface area contributed by atoms with Crippen LogP contribution in [-0.4, -0.2) is 27.6 Å². The molecule has 4 rings (SSSR count). The highest BCUT2D eigenvalue weighted by molar-refractivity contribution is 5.76. The smallest absolute Gasteiger partial charge is 0.273 e. The summed E-state index contributed by atoms with van der Waals surface area (Å²) in [6.45, 7) is 1.08. The lowest BCUT2D eigenvalue weighted by Gasteiger charge is -2.07. The highest BCUT2D eigenvalue weighted by Gasteiger charge is 2.10. The predicted octanol–water partition coefficient (Wildman–Crippen LogP) is 4.09. The van der Waals surface area contributed by atoms with Crippen molar-refractivity contribution in [2.45, 2.75) is 32.3 Å². The molecule has 1 aromatic heterocycles. The van der Waals surface area contributed by atoms with E-state index >= 15 is 0 Å². The van der Waals surface area contributed by atoms with E-state index in [4.69, 9.17) is 4.74 Å². The Morgan fingerprint density at radius 2 is 1.51 bits per heavy atom. The Kier molecular flexibility index (Phi) is 8.37. The maximum Gasteiger partial charge on any atom is 0.273 e. The summed E-state index contributed by atoms with van der Waals surface area (Å²) in [6.07, 6.45) is 2.20. The second-order valence-electron chi connectivity index (χ2n) is 8.19. The molecule has 0 saturated carbocycles. The van der Waals surface area contributed by atoms with Crippen molar-refractivity contribution >= 4 is 5.91 Å². The van der Waals surface area contributed by atoms with Crippen LogP contribution in [0.2, 0.25) is 0 Å². The minimum Gasteiger partial charge on any atom is -0.489 e. The lowest BCUT2D eigenvalue weighted by atomic mass is 10.1.